The highest BCUT2D eigenvalue weighted by Crippen LogP contribution is 2.50. The zero-order chi connectivity index (χ0) is 21.1. The highest BCUT2D eigenvalue weighted by atomic mass is 79.9. The Labute approximate surface area is 187 Å². The zero-order valence-electron chi connectivity index (χ0n) is 17.1. The summed E-state index contributed by atoms with van der Waals surface area (Å²) in [5.41, 5.74) is 7.11. The summed E-state index contributed by atoms with van der Waals surface area (Å²) in [6.07, 6.45) is 0. The van der Waals surface area contributed by atoms with Gasteiger partial charge in [-0.2, -0.15) is 0 Å². The number of rotatable bonds is 2. The molecule has 0 heterocycles. The monoisotopic (exact) mass is 456 g/mol. The summed E-state index contributed by atoms with van der Waals surface area (Å²) in [4.78, 5) is 0. The molecule has 0 amide bonds. The summed E-state index contributed by atoms with van der Waals surface area (Å²) in [5, 5.41) is 0. The molecular weight excluding hydrogens is 434 g/mol. The van der Waals surface area contributed by atoms with E-state index in [0.29, 0.717) is 10.9 Å². The second-order valence-corrected chi connectivity index (χ2v) is 8.87. The lowest BCUT2D eigenvalue weighted by molar-refractivity contribution is 0.657. The van der Waals surface area contributed by atoms with E-state index in [0.717, 1.165) is 0 Å². The van der Waals surface area contributed by atoms with Crippen LogP contribution in [0.1, 0.15) is 25.0 Å². The van der Waals surface area contributed by atoms with Crippen LogP contribution >= 0.6 is 15.9 Å². The summed E-state index contributed by atoms with van der Waals surface area (Å²) >= 11 is 3.68. The van der Waals surface area contributed by atoms with E-state index in [1.807, 2.05) is 36.4 Å². The number of hydrogen-bond acceptors (Lipinski definition) is 0. The van der Waals surface area contributed by atoms with Crippen molar-refractivity contribution >= 4 is 33.8 Å². The van der Waals surface area contributed by atoms with Crippen molar-refractivity contribution in [2.24, 2.45) is 0 Å². The lowest BCUT2D eigenvalue weighted by Crippen LogP contribution is -2.37. The Kier molecular flexibility index (Phi) is 5.92. The minimum Gasteiger partial charge on any atom is -0.322 e. The van der Waals surface area contributed by atoms with Gasteiger partial charge >= 0.3 is 6.99 Å². The molecule has 148 valence electrons. The molecule has 5 rings (SSSR count). The first kappa shape index (κ1) is 20.6. The van der Waals surface area contributed by atoms with Crippen LogP contribution in [0.25, 0.3) is 11.1 Å². The third-order valence-corrected chi connectivity index (χ3v) is 6.37. The molecule has 0 saturated heterocycles. The smallest absolute Gasteiger partial charge is 0.322 e. The zero-order valence-corrected chi connectivity index (χ0v) is 18.7. The lowest BCUT2D eigenvalue weighted by atomic mass is 9.59. The van der Waals surface area contributed by atoms with Crippen LogP contribution < -0.4 is 10.9 Å². The Morgan fingerprint density at radius 3 is 1.73 bits per heavy atom. The Balaban J connectivity index is 0.000000147. The highest BCUT2D eigenvalue weighted by molar-refractivity contribution is 9.10. The van der Waals surface area contributed by atoms with Crippen molar-refractivity contribution in [3.8, 4) is 11.1 Å². The van der Waals surface area contributed by atoms with Crippen LogP contribution in [0.15, 0.2) is 108 Å². The summed E-state index contributed by atoms with van der Waals surface area (Å²) < 4.78 is 15.1. The highest BCUT2D eigenvalue weighted by Gasteiger charge is 2.36. The van der Waals surface area contributed by atoms with Crippen LogP contribution in [-0.4, -0.2) is 6.99 Å². The molecule has 0 spiro atoms. The van der Waals surface area contributed by atoms with Gasteiger partial charge in [0.2, 0.25) is 0 Å². The van der Waals surface area contributed by atoms with E-state index in [4.69, 9.17) is 0 Å². The van der Waals surface area contributed by atoms with Crippen LogP contribution in [0.4, 0.5) is 4.32 Å². The fourth-order valence-electron chi connectivity index (χ4n) is 4.22. The van der Waals surface area contributed by atoms with Gasteiger partial charge < -0.3 is 4.32 Å². The molecule has 0 unspecified atom stereocenters. The van der Waals surface area contributed by atoms with Gasteiger partial charge in [0, 0.05) is 9.89 Å². The molecule has 0 nitrogen and oxygen atoms in total. The Morgan fingerprint density at radius 1 is 0.633 bits per heavy atom. The first-order chi connectivity index (χ1) is 14.5. The molecule has 4 aromatic rings. The summed E-state index contributed by atoms with van der Waals surface area (Å²) in [7, 11) is 0. The van der Waals surface area contributed by atoms with Gasteiger partial charge in [-0.25, -0.2) is 0 Å². The number of hydrogen-bond donors (Lipinski definition) is 0. The Hall–Kier alpha value is -2.65. The van der Waals surface area contributed by atoms with Crippen LogP contribution in [0.3, 0.4) is 0 Å². The van der Waals surface area contributed by atoms with Crippen LogP contribution in [0.2, 0.25) is 0 Å². The lowest BCUT2D eigenvalue weighted by Gasteiger charge is -2.22. The third kappa shape index (κ3) is 3.87. The van der Waals surface area contributed by atoms with E-state index >= 15 is 0 Å². The second-order valence-electron chi connectivity index (χ2n) is 8.02. The van der Waals surface area contributed by atoms with Crippen molar-refractivity contribution in [1.29, 1.82) is 0 Å². The molecule has 1 aliphatic rings. The molecule has 0 fully saturated rings. The molecule has 0 N–H and O–H groups in total. The second kappa shape index (κ2) is 8.61. The minimum absolute atomic E-state index is 0.103. The van der Waals surface area contributed by atoms with E-state index in [1.54, 1.807) is 24.3 Å². The van der Waals surface area contributed by atoms with E-state index in [9.17, 15) is 4.32 Å². The molecule has 0 atom stereocenters. The molecule has 0 aromatic heterocycles. The fraction of sp³-hybridized carbons (Fsp3) is 0.111. The van der Waals surface area contributed by atoms with Gasteiger partial charge in [-0.3, -0.25) is 0 Å². The van der Waals surface area contributed by atoms with E-state index in [1.165, 1.54) is 26.7 Å². The molecule has 4 aromatic carbocycles. The van der Waals surface area contributed by atoms with Crippen molar-refractivity contribution in [2.45, 2.75) is 19.3 Å². The topological polar surface area (TPSA) is 0 Å². The van der Waals surface area contributed by atoms with Gasteiger partial charge in [0.15, 0.2) is 0 Å². The predicted molar refractivity (Wildman–Crippen MR) is 131 cm³/mol. The van der Waals surface area contributed by atoms with Crippen molar-refractivity contribution in [3.05, 3.63) is 119 Å². The van der Waals surface area contributed by atoms with Crippen molar-refractivity contribution in [1.82, 2.24) is 0 Å². The van der Waals surface area contributed by atoms with Gasteiger partial charge in [-0.05, 0) is 39.2 Å². The molecule has 0 bridgehead atoms. The van der Waals surface area contributed by atoms with Crippen molar-refractivity contribution < 1.29 is 4.32 Å². The first-order valence-corrected chi connectivity index (χ1v) is 10.9. The van der Waals surface area contributed by atoms with Gasteiger partial charge in [0.1, 0.15) is 0 Å². The van der Waals surface area contributed by atoms with E-state index in [2.05, 4.69) is 72.2 Å². The largest absolute Gasteiger partial charge is 0.413 e. The first-order valence-electron chi connectivity index (χ1n) is 10.1. The molecule has 3 heteroatoms. The maximum absolute atomic E-state index is 13.9. The summed E-state index contributed by atoms with van der Waals surface area (Å²) in [6.45, 7) is 3.57. The molecule has 0 saturated carbocycles. The number of benzene rings is 4. The minimum atomic E-state index is -1.02. The molecule has 0 aliphatic heterocycles. The SMILES string of the molecule is CC1(C)c2ccccc2-c2cccc(Br)c21.FB(c1ccccc1)c1ccccc1. The van der Waals surface area contributed by atoms with Crippen LogP contribution in [0.5, 0.6) is 0 Å². The summed E-state index contributed by atoms with van der Waals surface area (Å²) in [6, 6.07) is 33.6. The maximum atomic E-state index is 13.9. The average Bonchev–Trinajstić information content (AvgIpc) is 3.03. The summed E-state index contributed by atoms with van der Waals surface area (Å²) in [5.74, 6) is 0. The fourth-order valence-corrected chi connectivity index (χ4v) is 5.08. The molecule has 1 aliphatic carbocycles. The number of fused-ring (bicyclic) bond motifs is 3. The molecule has 30 heavy (non-hydrogen) atoms. The average molecular weight is 457 g/mol. The molecular formula is C27H23BBrF. The van der Waals surface area contributed by atoms with Crippen LogP contribution in [0, 0.1) is 0 Å². The number of halogens is 2. The van der Waals surface area contributed by atoms with Gasteiger partial charge in [-0.15, -0.1) is 0 Å². The third-order valence-electron chi connectivity index (χ3n) is 5.71. The van der Waals surface area contributed by atoms with E-state index in [-0.39, 0.29) is 5.41 Å². The Bertz CT molecular complexity index is 1100. The normalized spacial score (nSPS) is 12.9. The predicted octanol–water partition coefficient (Wildman–Crippen LogP) is 6.52. The van der Waals surface area contributed by atoms with E-state index < -0.39 is 6.99 Å². The van der Waals surface area contributed by atoms with Gasteiger partial charge in [-0.1, -0.05) is 127 Å². The maximum Gasteiger partial charge on any atom is 0.413 e. The standard InChI is InChI=1S/C15H13Br.C12H10BF/c1-15(2)12-8-4-3-6-10(12)11-7-5-9-13(16)14(11)15;14-13(11-7-3-1-4-8-11)12-9-5-2-6-10-12/h3-9H,1-2H3;1-10H. The van der Waals surface area contributed by atoms with Crippen LogP contribution in [-0.2, 0) is 5.41 Å². The van der Waals surface area contributed by atoms with Crippen molar-refractivity contribution in [3.63, 3.8) is 0 Å². The van der Waals surface area contributed by atoms with Gasteiger partial charge in [0.25, 0.3) is 0 Å². The molecule has 0 radical (unpaired) electrons. The van der Waals surface area contributed by atoms with Gasteiger partial charge in [0.05, 0.1) is 0 Å². The van der Waals surface area contributed by atoms with Crippen molar-refractivity contribution in [2.75, 3.05) is 0 Å². The quantitative estimate of drug-likeness (QED) is 0.301. The Morgan fingerprint density at radius 2 is 1.13 bits per heavy atom.